The second-order valence-corrected chi connectivity index (χ2v) is 7.31. The molecule has 1 heterocycles. The highest BCUT2D eigenvalue weighted by Gasteiger charge is 2.38. The van der Waals surface area contributed by atoms with E-state index in [0.717, 1.165) is 17.1 Å². The zero-order chi connectivity index (χ0) is 12.2. The van der Waals surface area contributed by atoms with Crippen molar-refractivity contribution in [3.63, 3.8) is 0 Å². The Balaban J connectivity index is 2.08. The molecule has 1 aromatic carbocycles. The van der Waals surface area contributed by atoms with Crippen LogP contribution >= 0.6 is 11.8 Å². The highest BCUT2D eigenvalue weighted by atomic mass is 32.2. The van der Waals surface area contributed by atoms with Crippen molar-refractivity contribution >= 4 is 11.8 Å². The fourth-order valence-electron chi connectivity index (χ4n) is 3.62. The average Bonchev–Trinajstić information content (AvgIpc) is 2.64. The van der Waals surface area contributed by atoms with Crippen LogP contribution in [0.5, 0.6) is 0 Å². The summed E-state index contributed by atoms with van der Waals surface area (Å²) in [5.41, 5.74) is 6.26. The molecule has 1 saturated carbocycles. The Morgan fingerprint density at radius 1 is 1.12 bits per heavy atom. The van der Waals surface area contributed by atoms with E-state index >= 15 is 0 Å². The smallest absolute Gasteiger partial charge is 0.0166 e. The van der Waals surface area contributed by atoms with Crippen molar-refractivity contribution in [2.24, 2.45) is 5.92 Å². The molecule has 1 fully saturated rings. The first-order valence-corrected chi connectivity index (χ1v) is 7.73. The van der Waals surface area contributed by atoms with Gasteiger partial charge in [-0.3, -0.25) is 0 Å². The topological polar surface area (TPSA) is 0 Å². The maximum Gasteiger partial charge on any atom is 0.0166 e. The number of thioether (sulfide) groups is 1. The molecule has 3 rings (SSSR count). The van der Waals surface area contributed by atoms with E-state index in [2.05, 4.69) is 45.5 Å². The lowest BCUT2D eigenvalue weighted by Gasteiger charge is -2.29. The SMILES string of the molecule is Cc1cc(C)c2c(c1C)SC1CC(C)CCC21. The first-order chi connectivity index (χ1) is 8.08. The Bertz CT molecular complexity index is 461. The van der Waals surface area contributed by atoms with Gasteiger partial charge in [0.2, 0.25) is 0 Å². The van der Waals surface area contributed by atoms with Crippen molar-refractivity contribution in [2.75, 3.05) is 0 Å². The van der Waals surface area contributed by atoms with E-state index in [9.17, 15) is 0 Å². The minimum absolute atomic E-state index is 0.852. The highest BCUT2D eigenvalue weighted by Crippen LogP contribution is 2.55. The molecule has 1 aliphatic carbocycles. The Morgan fingerprint density at radius 2 is 1.88 bits per heavy atom. The Labute approximate surface area is 109 Å². The Hall–Kier alpha value is -0.430. The summed E-state index contributed by atoms with van der Waals surface area (Å²) in [6.45, 7) is 9.30. The number of aryl methyl sites for hydroxylation is 2. The lowest BCUT2D eigenvalue weighted by atomic mass is 9.77. The predicted molar refractivity (Wildman–Crippen MR) is 76.1 cm³/mol. The van der Waals surface area contributed by atoms with Gasteiger partial charge in [-0.05, 0) is 67.7 Å². The van der Waals surface area contributed by atoms with Crippen LogP contribution in [-0.2, 0) is 0 Å². The molecule has 2 aliphatic rings. The van der Waals surface area contributed by atoms with Gasteiger partial charge >= 0.3 is 0 Å². The van der Waals surface area contributed by atoms with Gasteiger partial charge in [-0.1, -0.05) is 19.4 Å². The Morgan fingerprint density at radius 3 is 2.65 bits per heavy atom. The highest BCUT2D eigenvalue weighted by molar-refractivity contribution is 8.00. The lowest BCUT2D eigenvalue weighted by molar-refractivity contribution is 0.360. The first kappa shape index (κ1) is 11.6. The lowest BCUT2D eigenvalue weighted by Crippen LogP contribution is -2.21. The van der Waals surface area contributed by atoms with Crippen LogP contribution in [0, 0.1) is 26.7 Å². The molecular weight excluding hydrogens is 224 g/mol. The fraction of sp³-hybridized carbons (Fsp3) is 0.625. The van der Waals surface area contributed by atoms with Gasteiger partial charge in [-0.2, -0.15) is 0 Å². The number of hydrogen-bond donors (Lipinski definition) is 0. The zero-order valence-corrected chi connectivity index (χ0v) is 12.2. The third-order valence-electron chi connectivity index (χ3n) is 4.73. The molecule has 0 saturated heterocycles. The van der Waals surface area contributed by atoms with E-state index in [4.69, 9.17) is 0 Å². The molecule has 0 bridgehead atoms. The molecule has 0 aromatic heterocycles. The molecule has 3 unspecified atom stereocenters. The fourth-order valence-corrected chi connectivity index (χ4v) is 5.57. The maximum atomic E-state index is 2.42. The molecule has 0 amide bonds. The molecule has 0 N–H and O–H groups in total. The molecule has 1 aromatic rings. The minimum atomic E-state index is 0.852. The van der Waals surface area contributed by atoms with Gasteiger partial charge < -0.3 is 0 Å². The quantitative estimate of drug-likeness (QED) is 0.621. The van der Waals surface area contributed by atoms with E-state index in [1.54, 1.807) is 10.5 Å². The summed E-state index contributed by atoms with van der Waals surface area (Å²) in [7, 11) is 0. The van der Waals surface area contributed by atoms with Crippen LogP contribution in [0.25, 0.3) is 0 Å². The maximum absolute atomic E-state index is 2.42. The van der Waals surface area contributed by atoms with Crippen LogP contribution in [0.4, 0.5) is 0 Å². The summed E-state index contributed by atoms with van der Waals surface area (Å²) < 4.78 is 0. The van der Waals surface area contributed by atoms with Gasteiger partial charge in [0, 0.05) is 10.1 Å². The summed E-state index contributed by atoms with van der Waals surface area (Å²) in [5.74, 6) is 1.78. The summed E-state index contributed by atoms with van der Waals surface area (Å²) in [6, 6.07) is 2.40. The van der Waals surface area contributed by atoms with E-state index in [1.807, 2.05) is 0 Å². The van der Waals surface area contributed by atoms with Crippen LogP contribution in [0.1, 0.15) is 54.4 Å². The van der Waals surface area contributed by atoms with Crippen LogP contribution in [0.2, 0.25) is 0 Å². The van der Waals surface area contributed by atoms with Gasteiger partial charge in [0.25, 0.3) is 0 Å². The van der Waals surface area contributed by atoms with Crippen LogP contribution in [0.3, 0.4) is 0 Å². The van der Waals surface area contributed by atoms with Gasteiger partial charge in [-0.15, -0.1) is 11.8 Å². The summed E-state index contributed by atoms with van der Waals surface area (Å²) in [6.07, 6.45) is 4.25. The Kier molecular flexibility index (Phi) is 2.77. The third kappa shape index (κ3) is 1.74. The van der Waals surface area contributed by atoms with Gasteiger partial charge in [0.05, 0.1) is 0 Å². The van der Waals surface area contributed by atoms with Crippen molar-refractivity contribution in [3.8, 4) is 0 Å². The van der Waals surface area contributed by atoms with Gasteiger partial charge in [0.1, 0.15) is 0 Å². The standard InChI is InChI=1S/C16H22S/c1-9-5-6-13-14(7-9)17-16-12(4)10(2)8-11(3)15(13)16/h8-9,13-14H,5-7H2,1-4H3. The number of benzene rings is 1. The third-order valence-corrected chi connectivity index (χ3v) is 6.31. The van der Waals surface area contributed by atoms with E-state index in [-0.39, 0.29) is 0 Å². The molecule has 1 heteroatoms. The van der Waals surface area contributed by atoms with Crippen LogP contribution < -0.4 is 0 Å². The normalized spacial score (nSPS) is 31.2. The molecule has 0 radical (unpaired) electrons. The predicted octanol–water partition coefficient (Wildman–Crippen LogP) is 4.99. The van der Waals surface area contributed by atoms with Crippen LogP contribution in [0.15, 0.2) is 11.0 Å². The first-order valence-electron chi connectivity index (χ1n) is 6.85. The summed E-state index contributed by atoms with van der Waals surface area (Å²) >= 11 is 2.18. The molecule has 92 valence electrons. The molecule has 0 spiro atoms. The summed E-state index contributed by atoms with van der Waals surface area (Å²) in [5, 5.41) is 0.868. The largest absolute Gasteiger partial charge is 0.121 e. The molecular formula is C16H22S. The summed E-state index contributed by atoms with van der Waals surface area (Å²) in [4.78, 5) is 1.63. The second kappa shape index (κ2) is 4.05. The monoisotopic (exact) mass is 246 g/mol. The molecule has 1 aliphatic heterocycles. The van der Waals surface area contributed by atoms with Crippen molar-refractivity contribution < 1.29 is 0 Å². The average molecular weight is 246 g/mol. The minimum Gasteiger partial charge on any atom is -0.121 e. The number of fused-ring (bicyclic) bond motifs is 3. The van der Waals surface area contributed by atoms with Crippen molar-refractivity contribution in [1.29, 1.82) is 0 Å². The van der Waals surface area contributed by atoms with Crippen LogP contribution in [-0.4, -0.2) is 5.25 Å². The second-order valence-electron chi connectivity index (χ2n) is 6.06. The number of rotatable bonds is 0. The van der Waals surface area contributed by atoms with Gasteiger partial charge in [0.15, 0.2) is 0 Å². The van der Waals surface area contributed by atoms with E-state index in [1.165, 1.54) is 36.0 Å². The molecule has 0 nitrogen and oxygen atoms in total. The van der Waals surface area contributed by atoms with Gasteiger partial charge in [-0.25, -0.2) is 0 Å². The zero-order valence-electron chi connectivity index (χ0n) is 11.3. The van der Waals surface area contributed by atoms with Crippen molar-refractivity contribution in [3.05, 3.63) is 28.3 Å². The van der Waals surface area contributed by atoms with Crippen molar-refractivity contribution in [1.82, 2.24) is 0 Å². The van der Waals surface area contributed by atoms with Crippen molar-refractivity contribution in [2.45, 2.75) is 63.0 Å². The molecule has 17 heavy (non-hydrogen) atoms. The number of hydrogen-bond acceptors (Lipinski definition) is 1. The van der Waals surface area contributed by atoms with E-state index < -0.39 is 0 Å². The van der Waals surface area contributed by atoms with E-state index in [0.29, 0.717) is 0 Å². The molecule has 3 atom stereocenters.